The SMILES string of the molecule is CC.CCC(=O)NCCCCC(C)C. The molecule has 1 amide bonds. The van der Waals surface area contributed by atoms with E-state index < -0.39 is 0 Å². The predicted molar refractivity (Wildman–Crippen MR) is 63.3 cm³/mol. The van der Waals surface area contributed by atoms with Gasteiger partial charge < -0.3 is 5.32 Å². The summed E-state index contributed by atoms with van der Waals surface area (Å²) < 4.78 is 0. The fourth-order valence-electron chi connectivity index (χ4n) is 1.03. The first kappa shape index (κ1) is 15.9. The Kier molecular flexibility index (Phi) is 14.2. The molecule has 0 aromatic rings. The summed E-state index contributed by atoms with van der Waals surface area (Å²) in [7, 11) is 0. The molecule has 0 unspecified atom stereocenters. The highest BCUT2D eigenvalue weighted by molar-refractivity contribution is 5.75. The van der Waals surface area contributed by atoms with E-state index in [1.165, 1.54) is 12.8 Å². The second-order valence-electron chi connectivity index (χ2n) is 3.59. The fraction of sp³-hybridized carbons (Fsp3) is 0.917. The molecule has 0 aromatic heterocycles. The van der Waals surface area contributed by atoms with Gasteiger partial charge in [-0.05, 0) is 12.3 Å². The van der Waals surface area contributed by atoms with Gasteiger partial charge in [0.2, 0.25) is 5.91 Å². The number of hydrogen-bond donors (Lipinski definition) is 1. The summed E-state index contributed by atoms with van der Waals surface area (Å²) in [5, 5.41) is 2.87. The molecule has 0 aromatic carbocycles. The Morgan fingerprint density at radius 1 is 1.21 bits per heavy atom. The average Bonchev–Trinajstić information content (AvgIpc) is 2.19. The Morgan fingerprint density at radius 2 is 1.79 bits per heavy atom. The summed E-state index contributed by atoms with van der Waals surface area (Å²) in [5.41, 5.74) is 0. The molecule has 2 nitrogen and oxygen atoms in total. The van der Waals surface area contributed by atoms with Crippen LogP contribution in [0.15, 0.2) is 0 Å². The number of unbranched alkanes of at least 4 members (excludes halogenated alkanes) is 1. The van der Waals surface area contributed by atoms with Gasteiger partial charge in [0, 0.05) is 13.0 Å². The molecule has 0 spiro atoms. The lowest BCUT2D eigenvalue weighted by Gasteiger charge is -2.05. The van der Waals surface area contributed by atoms with Gasteiger partial charge in [-0.2, -0.15) is 0 Å². The van der Waals surface area contributed by atoms with Crippen molar-refractivity contribution >= 4 is 5.91 Å². The molecule has 14 heavy (non-hydrogen) atoms. The van der Waals surface area contributed by atoms with Crippen LogP contribution in [-0.4, -0.2) is 12.5 Å². The molecular formula is C12H27NO. The molecule has 1 N–H and O–H groups in total. The van der Waals surface area contributed by atoms with Crippen LogP contribution in [0.4, 0.5) is 0 Å². The predicted octanol–water partition coefficient (Wildman–Crippen LogP) is 3.37. The summed E-state index contributed by atoms with van der Waals surface area (Å²) in [5.74, 6) is 0.950. The zero-order chi connectivity index (χ0) is 11.4. The molecule has 0 saturated heterocycles. The second kappa shape index (κ2) is 12.5. The van der Waals surface area contributed by atoms with Crippen molar-refractivity contribution < 1.29 is 4.79 Å². The molecule has 0 heterocycles. The normalized spacial score (nSPS) is 9.29. The van der Waals surface area contributed by atoms with Crippen molar-refractivity contribution in [3.05, 3.63) is 0 Å². The monoisotopic (exact) mass is 201 g/mol. The minimum absolute atomic E-state index is 0.166. The summed E-state index contributed by atoms with van der Waals surface area (Å²) >= 11 is 0. The topological polar surface area (TPSA) is 29.1 Å². The van der Waals surface area contributed by atoms with Crippen molar-refractivity contribution in [2.24, 2.45) is 5.92 Å². The molecule has 86 valence electrons. The van der Waals surface area contributed by atoms with Crippen LogP contribution in [0.2, 0.25) is 0 Å². The van der Waals surface area contributed by atoms with Crippen LogP contribution >= 0.6 is 0 Å². The maximum absolute atomic E-state index is 10.8. The summed E-state index contributed by atoms with van der Waals surface area (Å²) in [4.78, 5) is 10.8. The van der Waals surface area contributed by atoms with Gasteiger partial charge in [-0.3, -0.25) is 4.79 Å². The third kappa shape index (κ3) is 14.0. The van der Waals surface area contributed by atoms with Crippen molar-refractivity contribution in [3.63, 3.8) is 0 Å². The van der Waals surface area contributed by atoms with E-state index in [2.05, 4.69) is 19.2 Å². The maximum atomic E-state index is 10.8. The number of carbonyl (C=O) groups is 1. The summed E-state index contributed by atoms with van der Waals surface area (Å²) in [6, 6.07) is 0. The molecule has 0 fully saturated rings. The van der Waals surface area contributed by atoms with Crippen LogP contribution in [0.5, 0.6) is 0 Å². The Morgan fingerprint density at radius 3 is 2.21 bits per heavy atom. The van der Waals surface area contributed by atoms with E-state index in [-0.39, 0.29) is 5.91 Å². The molecule has 0 rings (SSSR count). The highest BCUT2D eigenvalue weighted by atomic mass is 16.1. The Labute approximate surface area is 89.5 Å². The van der Waals surface area contributed by atoms with Gasteiger partial charge in [0.25, 0.3) is 0 Å². The number of carbonyl (C=O) groups excluding carboxylic acids is 1. The Bertz CT molecular complexity index is 121. The minimum atomic E-state index is 0.166. The summed E-state index contributed by atoms with van der Waals surface area (Å²) in [6.07, 6.45) is 4.21. The number of nitrogens with one attached hydrogen (secondary N) is 1. The fourth-order valence-corrected chi connectivity index (χ4v) is 1.03. The summed E-state index contributed by atoms with van der Waals surface area (Å²) in [6.45, 7) is 11.2. The van der Waals surface area contributed by atoms with Gasteiger partial charge in [0.15, 0.2) is 0 Å². The lowest BCUT2D eigenvalue weighted by atomic mass is 10.1. The lowest BCUT2D eigenvalue weighted by Crippen LogP contribution is -2.23. The van der Waals surface area contributed by atoms with Gasteiger partial charge >= 0.3 is 0 Å². The number of amides is 1. The Balaban J connectivity index is 0. The van der Waals surface area contributed by atoms with Gasteiger partial charge in [-0.15, -0.1) is 0 Å². The van der Waals surface area contributed by atoms with E-state index in [0.29, 0.717) is 6.42 Å². The molecule has 0 saturated carbocycles. The highest BCUT2D eigenvalue weighted by Gasteiger charge is 1.96. The van der Waals surface area contributed by atoms with E-state index in [9.17, 15) is 4.79 Å². The third-order valence-electron chi connectivity index (χ3n) is 1.85. The largest absolute Gasteiger partial charge is 0.356 e. The lowest BCUT2D eigenvalue weighted by molar-refractivity contribution is -0.120. The van der Waals surface area contributed by atoms with Crippen molar-refractivity contribution in [1.82, 2.24) is 5.32 Å². The second-order valence-corrected chi connectivity index (χ2v) is 3.59. The highest BCUT2D eigenvalue weighted by Crippen LogP contribution is 2.04. The maximum Gasteiger partial charge on any atom is 0.219 e. The van der Waals surface area contributed by atoms with E-state index >= 15 is 0 Å². The molecule has 0 radical (unpaired) electrons. The average molecular weight is 201 g/mol. The van der Waals surface area contributed by atoms with Gasteiger partial charge in [0.1, 0.15) is 0 Å². The number of hydrogen-bond acceptors (Lipinski definition) is 1. The van der Waals surface area contributed by atoms with Crippen LogP contribution in [0.25, 0.3) is 0 Å². The number of rotatable bonds is 6. The minimum Gasteiger partial charge on any atom is -0.356 e. The van der Waals surface area contributed by atoms with E-state index in [0.717, 1.165) is 18.9 Å². The molecule has 0 atom stereocenters. The van der Waals surface area contributed by atoms with Gasteiger partial charge in [-0.25, -0.2) is 0 Å². The smallest absolute Gasteiger partial charge is 0.219 e. The standard InChI is InChI=1S/C10H21NO.C2H6/c1-4-10(12)11-8-6-5-7-9(2)3;1-2/h9H,4-8H2,1-3H3,(H,11,12);1-2H3. The zero-order valence-electron chi connectivity index (χ0n) is 10.5. The molecule has 0 aliphatic heterocycles. The van der Waals surface area contributed by atoms with Crippen molar-refractivity contribution in [2.75, 3.05) is 6.54 Å². The molecule has 2 heteroatoms. The van der Waals surface area contributed by atoms with Crippen LogP contribution < -0.4 is 5.32 Å². The van der Waals surface area contributed by atoms with Crippen molar-refractivity contribution in [2.45, 2.75) is 60.3 Å². The molecule has 0 aliphatic rings. The van der Waals surface area contributed by atoms with Crippen LogP contribution in [0.1, 0.15) is 60.3 Å². The van der Waals surface area contributed by atoms with Crippen LogP contribution in [-0.2, 0) is 4.79 Å². The van der Waals surface area contributed by atoms with Crippen LogP contribution in [0.3, 0.4) is 0 Å². The Hall–Kier alpha value is -0.530. The molecular weight excluding hydrogens is 174 g/mol. The van der Waals surface area contributed by atoms with E-state index in [4.69, 9.17) is 0 Å². The van der Waals surface area contributed by atoms with Gasteiger partial charge in [-0.1, -0.05) is 47.5 Å². The first-order valence-corrected chi connectivity index (χ1v) is 5.93. The quantitative estimate of drug-likeness (QED) is 0.656. The first-order chi connectivity index (χ1) is 6.66. The zero-order valence-corrected chi connectivity index (χ0v) is 10.5. The van der Waals surface area contributed by atoms with Crippen molar-refractivity contribution in [3.8, 4) is 0 Å². The van der Waals surface area contributed by atoms with Gasteiger partial charge in [0.05, 0.1) is 0 Å². The molecule has 0 bridgehead atoms. The van der Waals surface area contributed by atoms with Crippen LogP contribution in [0, 0.1) is 5.92 Å². The molecule has 0 aliphatic carbocycles. The third-order valence-corrected chi connectivity index (χ3v) is 1.85. The van der Waals surface area contributed by atoms with E-state index in [1.807, 2.05) is 20.8 Å². The van der Waals surface area contributed by atoms with Crippen molar-refractivity contribution in [1.29, 1.82) is 0 Å². The first-order valence-electron chi connectivity index (χ1n) is 5.93. The van der Waals surface area contributed by atoms with E-state index in [1.54, 1.807) is 0 Å².